The number of amides is 1. The molecule has 1 rings (SSSR count). The molecule has 0 aliphatic rings. The Morgan fingerprint density at radius 2 is 1.50 bits per heavy atom. The summed E-state index contributed by atoms with van der Waals surface area (Å²) in [6.07, 6.45) is 1.52. The normalized spacial score (nSPS) is 12.4. The van der Waals surface area contributed by atoms with Crippen LogP contribution >= 0.6 is 7.60 Å². The maximum atomic E-state index is 14.1. The van der Waals surface area contributed by atoms with Crippen molar-refractivity contribution in [3.8, 4) is 0 Å². The summed E-state index contributed by atoms with van der Waals surface area (Å²) in [5, 5.41) is 10.2. The fraction of sp³-hybridized carbons (Fsp3) is 0.619. The quantitative estimate of drug-likeness (QED) is 0.275. The van der Waals surface area contributed by atoms with Crippen LogP contribution in [0.15, 0.2) is 30.3 Å². The summed E-state index contributed by atoms with van der Waals surface area (Å²) in [7, 11) is -3.75. The molecule has 0 atom stereocenters. The molecule has 1 aromatic carbocycles. The molecular weight excluding hydrogens is 375 g/mol. The largest absolute Gasteiger partial charge is 0.344 e. The molecular formula is C21H35N2O4P. The second-order valence-corrected chi connectivity index (χ2v) is 9.81. The van der Waals surface area contributed by atoms with E-state index in [9.17, 15) is 9.36 Å². The summed E-state index contributed by atoms with van der Waals surface area (Å²) in [6.45, 7) is 11.1. The molecule has 1 amide bonds. The monoisotopic (exact) mass is 410 g/mol. The van der Waals surface area contributed by atoms with Crippen molar-refractivity contribution in [3.63, 3.8) is 0 Å². The lowest BCUT2D eigenvalue weighted by Crippen LogP contribution is -2.49. The molecule has 2 N–H and O–H groups in total. The van der Waals surface area contributed by atoms with Crippen LogP contribution in [0.3, 0.4) is 0 Å². The van der Waals surface area contributed by atoms with Gasteiger partial charge in [0.25, 0.3) is 5.91 Å². The fourth-order valence-electron chi connectivity index (χ4n) is 3.29. The van der Waals surface area contributed by atoms with E-state index < -0.39 is 18.7 Å². The summed E-state index contributed by atoms with van der Waals surface area (Å²) in [5.74, 6) is -0.502. The van der Waals surface area contributed by atoms with Crippen LogP contribution in [0.4, 0.5) is 0 Å². The summed E-state index contributed by atoms with van der Waals surface area (Å²) in [4.78, 5) is 12.7. The average Bonchev–Trinajstić information content (AvgIpc) is 2.60. The smallest absolute Gasteiger partial charge is 0.310 e. The Hall–Kier alpha value is -1.49. The van der Waals surface area contributed by atoms with Gasteiger partial charge in [0.1, 0.15) is 11.0 Å². The molecule has 0 saturated carbocycles. The van der Waals surface area contributed by atoms with Crippen molar-refractivity contribution in [3.05, 3.63) is 35.9 Å². The van der Waals surface area contributed by atoms with Gasteiger partial charge in [-0.3, -0.25) is 14.8 Å². The molecule has 1 aromatic rings. The predicted octanol–water partition coefficient (Wildman–Crippen LogP) is 5.78. The predicted molar refractivity (Wildman–Crippen MR) is 114 cm³/mol. The van der Waals surface area contributed by atoms with Gasteiger partial charge in [0.05, 0.1) is 12.2 Å². The third-order valence-corrected chi connectivity index (χ3v) is 7.41. The second kappa shape index (κ2) is 10.9. The van der Waals surface area contributed by atoms with Gasteiger partial charge in [0.15, 0.2) is 0 Å². The van der Waals surface area contributed by atoms with E-state index in [1.54, 1.807) is 52.0 Å². The number of rotatable bonds is 11. The van der Waals surface area contributed by atoms with Crippen LogP contribution in [0.1, 0.15) is 77.6 Å². The lowest BCUT2D eigenvalue weighted by molar-refractivity contribution is 0.0973. The first-order chi connectivity index (χ1) is 13.1. The number of carbonyl (C=O) groups is 1. The molecule has 0 aliphatic heterocycles. The van der Waals surface area contributed by atoms with Crippen LogP contribution in [0.5, 0.6) is 0 Å². The summed E-state index contributed by atoms with van der Waals surface area (Å²) in [6, 6.07) is 8.70. The van der Waals surface area contributed by atoms with E-state index in [0.29, 0.717) is 31.2 Å². The minimum atomic E-state index is -3.75. The van der Waals surface area contributed by atoms with Crippen LogP contribution in [0.25, 0.3) is 0 Å². The highest BCUT2D eigenvalue weighted by molar-refractivity contribution is 7.57. The molecule has 0 bridgehead atoms. The number of benzene rings is 1. The van der Waals surface area contributed by atoms with E-state index in [0.717, 1.165) is 0 Å². The molecule has 7 heteroatoms. The third-order valence-electron chi connectivity index (χ3n) is 4.29. The maximum absolute atomic E-state index is 14.1. The van der Waals surface area contributed by atoms with Gasteiger partial charge in [-0.05, 0) is 52.7 Å². The molecule has 0 fully saturated rings. The molecule has 158 valence electrons. The highest BCUT2D eigenvalue weighted by Gasteiger charge is 2.54. The lowest BCUT2D eigenvalue weighted by atomic mass is 9.95. The van der Waals surface area contributed by atoms with Gasteiger partial charge in [-0.15, -0.1) is 0 Å². The Balaban J connectivity index is 3.38. The Kier molecular flexibility index (Phi) is 9.55. The van der Waals surface area contributed by atoms with Crippen molar-refractivity contribution in [2.75, 3.05) is 0 Å². The summed E-state index contributed by atoms with van der Waals surface area (Å²) < 4.78 is 25.8. The number of nitrogens with one attached hydrogen (secondary N) is 2. The van der Waals surface area contributed by atoms with E-state index in [4.69, 9.17) is 14.5 Å². The SMILES string of the molecule is CCCC(CCC)(C(=N)NC(=O)c1ccccc1)P(=O)(OC(C)C)OC(C)C. The van der Waals surface area contributed by atoms with E-state index in [1.807, 2.05) is 19.9 Å². The molecule has 0 spiro atoms. The van der Waals surface area contributed by atoms with Crippen LogP contribution < -0.4 is 5.32 Å². The average molecular weight is 410 g/mol. The van der Waals surface area contributed by atoms with Gasteiger partial charge < -0.3 is 14.4 Å². The van der Waals surface area contributed by atoms with Crippen molar-refractivity contribution in [2.24, 2.45) is 0 Å². The molecule has 6 nitrogen and oxygen atoms in total. The highest BCUT2D eigenvalue weighted by atomic mass is 31.2. The van der Waals surface area contributed by atoms with Gasteiger partial charge in [0, 0.05) is 5.56 Å². The highest BCUT2D eigenvalue weighted by Crippen LogP contribution is 2.65. The van der Waals surface area contributed by atoms with Crippen molar-refractivity contribution in [1.29, 1.82) is 5.41 Å². The Morgan fingerprint density at radius 3 is 1.89 bits per heavy atom. The van der Waals surface area contributed by atoms with E-state index in [2.05, 4.69) is 5.32 Å². The zero-order chi connectivity index (χ0) is 21.4. The van der Waals surface area contributed by atoms with E-state index in [1.165, 1.54) is 0 Å². The molecule has 0 aromatic heterocycles. The van der Waals surface area contributed by atoms with Gasteiger partial charge in [-0.2, -0.15) is 0 Å². The molecule has 0 heterocycles. The fourth-order valence-corrected chi connectivity index (χ4v) is 6.17. The molecule has 0 saturated heterocycles. The summed E-state index contributed by atoms with van der Waals surface area (Å²) >= 11 is 0. The Bertz CT molecular complexity index is 669. The topological polar surface area (TPSA) is 88.5 Å². The van der Waals surface area contributed by atoms with E-state index in [-0.39, 0.29) is 18.0 Å². The van der Waals surface area contributed by atoms with Gasteiger partial charge in [-0.25, -0.2) is 0 Å². The van der Waals surface area contributed by atoms with Gasteiger partial charge >= 0.3 is 7.60 Å². The summed E-state index contributed by atoms with van der Waals surface area (Å²) in [5.41, 5.74) is 0.443. The molecule has 0 radical (unpaired) electrons. The molecule has 28 heavy (non-hydrogen) atoms. The minimum Gasteiger partial charge on any atom is -0.310 e. The van der Waals surface area contributed by atoms with Crippen molar-refractivity contribution < 1.29 is 18.4 Å². The first-order valence-corrected chi connectivity index (χ1v) is 11.6. The zero-order valence-corrected chi connectivity index (χ0v) is 18.8. The molecule has 0 unspecified atom stereocenters. The standard InChI is InChI=1S/C21H35N2O4P/c1-7-14-21(15-8-2,28(25,26-16(3)4)27-17(5)6)20(22)23-19(24)18-12-10-9-11-13-18/h9-13,16-17H,7-8,14-15H2,1-6H3,(H2,22,23,24). The van der Waals surface area contributed by atoms with Crippen molar-refractivity contribution in [1.82, 2.24) is 5.32 Å². The van der Waals surface area contributed by atoms with Crippen molar-refractivity contribution in [2.45, 2.75) is 84.6 Å². The van der Waals surface area contributed by atoms with Gasteiger partial charge in [0.2, 0.25) is 0 Å². The second-order valence-electron chi connectivity index (χ2n) is 7.53. The number of carbonyl (C=O) groups excluding carboxylic acids is 1. The Morgan fingerprint density at radius 1 is 1.04 bits per heavy atom. The number of amidine groups is 1. The lowest BCUT2D eigenvalue weighted by Gasteiger charge is -2.41. The van der Waals surface area contributed by atoms with E-state index >= 15 is 0 Å². The van der Waals surface area contributed by atoms with Crippen molar-refractivity contribution >= 4 is 19.3 Å². The van der Waals surface area contributed by atoms with Crippen LogP contribution in [-0.4, -0.2) is 29.1 Å². The van der Waals surface area contributed by atoms with Crippen LogP contribution in [-0.2, 0) is 13.6 Å². The minimum absolute atomic E-state index is 0.102. The maximum Gasteiger partial charge on any atom is 0.344 e. The van der Waals surface area contributed by atoms with Crippen LogP contribution in [0, 0.1) is 5.41 Å². The van der Waals surface area contributed by atoms with Gasteiger partial charge in [-0.1, -0.05) is 44.9 Å². The van der Waals surface area contributed by atoms with Crippen LogP contribution in [0.2, 0.25) is 0 Å². The molecule has 0 aliphatic carbocycles. The Labute approximate surface area is 169 Å². The first kappa shape index (κ1) is 24.5. The first-order valence-electron chi connectivity index (χ1n) is 10.0. The number of hydrogen-bond acceptors (Lipinski definition) is 5. The zero-order valence-electron chi connectivity index (χ0n) is 18.0. The third kappa shape index (κ3) is 6.00. The number of hydrogen-bond donors (Lipinski definition) is 2.